The molecule has 0 spiro atoms. The lowest BCUT2D eigenvalue weighted by atomic mass is 9.88. The van der Waals surface area contributed by atoms with Crippen molar-refractivity contribution in [2.45, 2.75) is 12.3 Å². The summed E-state index contributed by atoms with van der Waals surface area (Å²) < 4.78 is 10.5. The fraction of sp³-hybridized carbons (Fsp3) is 0.278. The molecule has 4 nitrogen and oxygen atoms in total. The van der Waals surface area contributed by atoms with E-state index in [-0.39, 0.29) is 12.3 Å². The summed E-state index contributed by atoms with van der Waals surface area (Å²) in [6.07, 6.45) is 0.0634. The minimum atomic E-state index is -0.811. The Morgan fingerprint density at radius 1 is 1.00 bits per heavy atom. The molecule has 0 fully saturated rings. The highest BCUT2D eigenvalue weighted by Gasteiger charge is 2.17. The molecule has 0 radical (unpaired) electrons. The van der Waals surface area contributed by atoms with Crippen molar-refractivity contribution < 1.29 is 19.4 Å². The summed E-state index contributed by atoms with van der Waals surface area (Å²) in [7, 11) is 1.63. The molecular formula is C18H20O4. The Morgan fingerprint density at radius 3 is 2.23 bits per heavy atom. The van der Waals surface area contributed by atoms with Crippen molar-refractivity contribution >= 4 is 5.97 Å². The molecule has 1 N–H and O–H groups in total. The van der Waals surface area contributed by atoms with Gasteiger partial charge in [0.15, 0.2) is 0 Å². The lowest BCUT2D eigenvalue weighted by molar-refractivity contribution is -0.137. The van der Waals surface area contributed by atoms with Gasteiger partial charge >= 0.3 is 5.97 Å². The molecule has 0 bridgehead atoms. The van der Waals surface area contributed by atoms with Gasteiger partial charge in [0, 0.05) is 13.0 Å². The van der Waals surface area contributed by atoms with Crippen molar-refractivity contribution in [1.82, 2.24) is 0 Å². The van der Waals surface area contributed by atoms with Gasteiger partial charge in [-0.25, -0.2) is 0 Å². The van der Waals surface area contributed by atoms with Crippen LogP contribution in [0.5, 0.6) is 5.75 Å². The van der Waals surface area contributed by atoms with Gasteiger partial charge in [-0.3, -0.25) is 4.79 Å². The van der Waals surface area contributed by atoms with Gasteiger partial charge in [0.2, 0.25) is 0 Å². The van der Waals surface area contributed by atoms with Crippen molar-refractivity contribution in [1.29, 1.82) is 0 Å². The van der Waals surface area contributed by atoms with Gasteiger partial charge in [0.25, 0.3) is 0 Å². The Kier molecular flexibility index (Phi) is 5.98. The first-order valence-corrected chi connectivity index (χ1v) is 7.19. The molecule has 2 rings (SSSR count). The van der Waals surface area contributed by atoms with Crippen LogP contribution in [0.3, 0.4) is 0 Å². The maximum absolute atomic E-state index is 11.2. The monoisotopic (exact) mass is 300 g/mol. The topological polar surface area (TPSA) is 55.8 Å². The van der Waals surface area contributed by atoms with E-state index in [9.17, 15) is 4.79 Å². The standard InChI is InChI=1S/C18H20O4/c1-21-11-12-22-16-9-7-15(8-10-16)17(13-18(19)20)14-5-3-2-4-6-14/h2-10,17H,11-13H2,1H3,(H,19,20). The van der Waals surface area contributed by atoms with Gasteiger partial charge in [0.1, 0.15) is 12.4 Å². The molecular weight excluding hydrogens is 280 g/mol. The van der Waals surface area contributed by atoms with Crippen molar-refractivity contribution in [3.63, 3.8) is 0 Å². The second-order valence-electron chi connectivity index (χ2n) is 4.97. The van der Waals surface area contributed by atoms with Crippen molar-refractivity contribution in [2.75, 3.05) is 20.3 Å². The van der Waals surface area contributed by atoms with Crippen molar-refractivity contribution in [3.05, 3.63) is 65.7 Å². The second-order valence-corrected chi connectivity index (χ2v) is 4.97. The summed E-state index contributed by atoms with van der Waals surface area (Å²) in [5, 5.41) is 9.17. The molecule has 0 saturated heterocycles. The van der Waals surface area contributed by atoms with Gasteiger partial charge in [-0.2, -0.15) is 0 Å². The van der Waals surface area contributed by atoms with E-state index < -0.39 is 5.97 Å². The number of carboxylic acid groups (broad SMARTS) is 1. The smallest absolute Gasteiger partial charge is 0.304 e. The molecule has 1 atom stereocenters. The number of hydrogen-bond acceptors (Lipinski definition) is 3. The van der Waals surface area contributed by atoms with Crippen LogP contribution in [-0.2, 0) is 9.53 Å². The fourth-order valence-corrected chi connectivity index (χ4v) is 2.33. The molecule has 0 aliphatic carbocycles. The summed E-state index contributed by atoms with van der Waals surface area (Å²) in [6, 6.07) is 17.2. The normalized spacial score (nSPS) is 11.9. The van der Waals surface area contributed by atoms with Crippen LogP contribution in [0.25, 0.3) is 0 Å². The molecule has 0 aliphatic heterocycles. The molecule has 0 aromatic heterocycles. The first-order valence-electron chi connectivity index (χ1n) is 7.19. The van der Waals surface area contributed by atoms with Crippen LogP contribution in [0.1, 0.15) is 23.5 Å². The molecule has 2 aromatic rings. The first-order chi connectivity index (χ1) is 10.7. The van der Waals surface area contributed by atoms with E-state index in [4.69, 9.17) is 14.6 Å². The lowest BCUT2D eigenvalue weighted by Gasteiger charge is -2.16. The van der Waals surface area contributed by atoms with Crippen molar-refractivity contribution in [3.8, 4) is 5.75 Å². The zero-order valence-corrected chi connectivity index (χ0v) is 12.6. The zero-order chi connectivity index (χ0) is 15.8. The summed E-state index contributed by atoms with van der Waals surface area (Å²) in [4.78, 5) is 11.2. The van der Waals surface area contributed by atoms with E-state index >= 15 is 0 Å². The number of hydrogen-bond donors (Lipinski definition) is 1. The maximum atomic E-state index is 11.2. The molecule has 2 aromatic carbocycles. The van der Waals surface area contributed by atoms with Crippen LogP contribution < -0.4 is 4.74 Å². The van der Waals surface area contributed by atoms with Gasteiger partial charge in [-0.05, 0) is 23.3 Å². The number of rotatable bonds is 8. The number of carboxylic acids is 1. The minimum Gasteiger partial charge on any atom is -0.491 e. The minimum absolute atomic E-state index is 0.0634. The summed E-state index contributed by atoms with van der Waals surface area (Å²) in [5.74, 6) is -0.219. The Bertz CT molecular complexity index is 578. The highest BCUT2D eigenvalue weighted by atomic mass is 16.5. The largest absolute Gasteiger partial charge is 0.491 e. The third kappa shape index (κ3) is 4.60. The van der Waals surface area contributed by atoms with Crippen LogP contribution in [-0.4, -0.2) is 31.4 Å². The summed E-state index contributed by atoms with van der Waals surface area (Å²) in [5.41, 5.74) is 1.96. The van der Waals surface area contributed by atoms with Gasteiger partial charge in [-0.15, -0.1) is 0 Å². The lowest BCUT2D eigenvalue weighted by Crippen LogP contribution is -2.08. The highest BCUT2D eigenvalue weighted by molar-refractivity contribution is 5.69. The van der Waals surface area contributed by atoms with E-state index in [2.05, 4.69) is 0 Å². The average molecular weight is 300 g/mol. The van der Waals surface area contributed by atoms with Crippen LogP contribution in [0, 0.1) is 0 Å². The molecule has 4 heteroatoms. The molecule has 0 amide bonds. The fourth-order valence-electron chi connectivity index (χ4n) is 2.33. The number of carbonyl (C=O) groups is 1. The van der Waals surface area contributed by atoms with E-state index in [0.717, 1.165) is 16.9 Å². The predicted molar refractivity (Wildman–Crippen MR) is 84.4 cm³/mol. The maximum Gasteiger partial charge on any atom is 0.304 e. The van der Waals surface area contributed by atoms with Crippen LogP contribution in [0.15, 0.2) is 54.6 Å². The van der Waals surface area contributed by atoms with E-state index in [1.54, 1.807) is 7.11 Å². The molecule has 0 heterocycles. The number of benzene rings is 2. The van der Waals surface area contributed by atoms with Gasteiger partial charge in [-0.1, -0.05) is 42.5 Å². The third-order valence-corrected chi connectivity index (χ3v) is 3.42. The zero-order valence-electron chi connectivity index (χ0n) is 12.6. The van der Waals surface area contributed by atoms with Crippen LogP contribution in [0.2, 0.25) is 0 Å². The molecule has 0 aliphatic rings. The highest BCUT2D eigenvalue weighted by Crippen LogP contribution is 2.29. The molecule has 22 heavy (non-hydrogen) atoms. The molecule has 0 saturated carbocycles. The van der Waals surface area contributed by atoms with Gasteiger partial charge in [0.05, 0.1) is 13.0 Å². The number of aliphatic carboxylic acids is 1. The Hall–Kier alpha value is -2.33. The van der Waals surface area contributed by atoms with E-state index in [1.165, 1.54) is 0 Å². The van der Waals surface area contributed by atoms with Gasteiger partial charge < -0.3 is 14.6 Å². The SMILES string of the molecule is COCCOc1ccc(C(CC(=O)O)c2ccccc2)cc1. The van der Waals surface area contributed by atoms with Crippen LogP contribution >= 0.6 is 0 Å². The quantitative estimate of drug-likeness (QED) is 0.760. The Labute approximate surface area is 130 Å². The van der Waals surface area contributed by atoms with Crippen molar-refractivity contribution in [2.24, 2.45) is 0 Å². The van der Waals surface area contributed by atoms with E-state index in [1.807, 2.05) is 54.6 Å². The molecule has 116 valence electrons. The van der Waals surface area contributed by atoms with Crippen LogP contribution in [0.4, 0.5) is 0 Å². The number of ether oxygens (including phenoxy) is 2. The second kappa shape index (κ2) is 8.20. The Balaban J connectivity index is 2.15. The Morgan fingerprint density at radius 2 is 1.64 bits per heavy atom. The summed E-state index contributed by atoms with van der Waals surface area (Å²) in [6.45, 7) is 1.03. The number of methoxy groups -OCH3 is 1. The average Bonchev–Trinajstić information content (AvgIpc) is 2.54. The third-order valence-electron chi connectivity index (χ3n) is 3.42. The van der Waals surface area contributed by atoms with E-state index in [0.29, 0.717) is 13.2 Å². The predicted octanol–water partition coefficient (Wildman–Crippen LogP) is 3.32. The molecule has 1 unspecified atom stereocenters. The first kappa shape index (κ1) is 16.0. The summed E-state index contributed by atoms with van der Waals surface area (Å²) >= 11 is 0.